The predicted molar refractivity (Wildman–Crippen MR) is 66.6 cm³/mol. The molecule has 0 aromatic carbocycles. The van der Waals surface area contributed by atoms with Gasteiger partial charge in [-0.25, -0.2) is 4.98 Å². The topological polar surface area (TPSA) is 48.1 Å². The van der Waals surface area contributed by atoms with Crippen LogP contribution in [0.4, 0.5) is 0 Å². The Balaban J connectivity index is 2.05. The second-order valence-electron chi connectivity index (χ2n) is 4.56. The molecule has 90 valence electrons. The van der Waals surface area contributed by atoms with Gasteiger partial charge < -0.3 is 10.5 Å². The number of aryl methyl sites for hydroxylation is 1. The summed E-state index contributed by atoms with van der Waals surface area (Å²) < 4.78 is 5.89. The standard InChI is InChI=1S/C12H20N2OS/c1-12(6-2-3-8-15-12)11-14-9-10(16-11)5-4-7-13/h9H,2-8,13H2,1H3. The maximum absolute atomic E-state index is 5.89. The third kappa shape index (κ3) is 2.62. The summed E-state index contributed by atoms with van der Waals surface area (Å²) in [6, 6.07) is 0. The second-order valence-corrected chi connectivity index (χ2v) is 5.68. The van der Waals surface area contributed by atoms with E-state index in [1.54, 1.807) is 11.3 Å². The van der Waals surface area contributed by atoms with Gasteiger partial charge in [0.15, 0.2) is 0 Å². The van der Waals surface area contributed by atoms with Crippen LogP contribution >= 0.6 is 11.3 Å². The van der Waals surface area contributed by atoms with Gasteiger partial charge in [-0.2, -0.15) is 0 Å². The van der Waals surface area contributed by atoms with Crippen molar-refractivity contribution in [3.05, 3.63) is 16.1 Å². The molecule has 0 aliphatic carbocycles. The highest BCUT2D eigenvalue weighted by atomic mass is 32.1. The van der Waals surface area contributed by atoms with Crippen LogP contribution in [-0.4, -0.2) is 18.1 Å². The fourth-order valence-corrected chi connectivity index (χ4v) is 3.13. The smallest absolute Gasteiger partial charge is 0.125 e. The second kappa shape index (κ2) is 5.25. The summed E-state index contributed by atoms with van der Waals surface area (Å²) in [6.45, 7) is 3.78. The van der Waals surface area contributed by atoms with Crippen LogP contribution in [0, 0.1) is 0 Å². The molecule has 0 amide bonds. The van der Waals surface area contributed by atoms with Crippen LogP contribution in [0.15, 0.2) is 6.20 Å². The van der Waals surface area contributed by atoms with E-state index in [4.69, 9.17) is 10.5 Å². The van der Waals surface area contributed by atoms with Gasteiger partial charge in [0.2, 0.25) is 0 Å². The lowest BCUT2D eigenvalue weighted by Crippen LogP contribution is -2.29. The van der Waals surface area contributed by atoms with Crippen LogP contribution < -0.4 is 5.73 Å². The molecule has 0 radical (unpaired) electrons. The van der Waals surface area contributed by atoms with E-state index in [-0.39, 0.29) is 5.60 Å². The Kier molecular flexibility index (Phi) is 3.95. The molecule has 2 heterocycles. The van der Waals surface area contributed by atoms with E-state index >= 15 is 0 Å². The predicted octanol–water partition coefficient (Wildman–Crippen LogP) is 2.45. The number of aromatic nitrogens is 1. The van der Waals surface area contributed by atoms with Gasteiger partial charge in [0.05, 0.1) is 0 Å². The molecule has 1 aromatic rings. The summed E-state index contributed by atoms with van der Waals surface area (Å²) >= 11 is 1.79. The third-order valence-electron chi connectivity index (χ3n) is 3.10. The number of hydrogen-bond acceptors (Lipinski definition) is 4. The molecule has 1 atom stereocenters. The van der Waals surface area contributed by atoms with Gasteiger partial charge in [0.1, 0.15) is 10.6 Å². The largest absolute Gasteiger partial charge is 0.368 e. The number of thiazole rings is 1. The zero-order valence-corrected chi connectivity index (χ0v) is 10.7. The molecule has 0 bridgehead atoms. The normalized spacial score (nSPS) is 25.9. The van der Waals surface area contributed by atoms with Crippen molar-refractivity contribution in [1.82, 2.24) is 4.98 Å². The molecule has 2 N–H and O–H groups in total. The van der Waals surface area contributed by atoms with Crippen molar-refractivity contribution in [2.75, 3.05) is 13.2 Å². The van der Waals surface area contributed by atoms with E-state index in [1.807, 2.05) is 6.20 Å². The fraction of sp³-hybridized carbons (Fsp3) is 0.750. The average Bonchev–Trinajstić information content (AvgIpc) is 2.77. The van der Waals surface area contributed by atoms with Crippen molar-refractivity contribution >= 4 is 11.3 Å². The highest BCUT2D eigenvalue weighted by Crippen LogP contribution is 2.36. The number of ether oxygens (including phenoxy) is 1. The summed E-state index contributed by atoms with van der Waals surface area (Å²) in [5, 5.41) is 1.14. The molecule has 0 saturated carbocycles. The number of hydrogen-bond donors (Lipinski definition) is 1. The average molecular weight is 240 g/mol. The first-order valence-electron chi connectivity index (χ1n) is 6.04. The summed E-state index contributed by atoms with van der Waals surface area (Å²) in [4.78, 5) is 5.85. The minimum atomic E-state index is -0.135. The van der Waals surface area contributed by atoms with Gasteiger partial charge in [0.25, 0.3) is 0 Å². The molecule has 1 saturated heterocycles. The molecule has 3 nitrogen and oxygen atoms in total. The number of rotatable bonds is 4. The van der Waals surface area contributed by atoms with Crippen molar-refractivity contribution in [3.63, 3.8) is 0 Å². The van der Waals surface area contributed by atoms with E-state index in [0.29, 0.717) is 0 Å². The zero-order valence-electron chi connectivity index (χ0n) is 9.87. The monoisotopic (exact) mass is 240 g/mol. The van der Waals surface area contributed by atoms with Crippen molar-refractivity contribution in [2.24, 2.45) is 5.73 Å². The van der Waals surface area contributed by atoms with Crippen molar-refractivity contribution < 1.29 is 4.74 Å². The van der Waals surface area contributed by atoms with Gasteiger partial charge in [-0.1, -0.05) is 0 Å². The summed E-state index contributed by atoms with van der Waals surface area (Å²) in [5.41, 5.74) is 5.38. The van der Waals surface area contributed by atoms with Gasteiger partial charge in [-0.15, -0.1) is 11.3 Å². The lowest BCUT2D eigenvalue weighted by molar-refractivity contribution is -0.0702. The third-order valence-corrected chi connectivity index (χ3v) is 4.40. The highest BCUT2D eigenvalue weighted by molar-refractivity contribution is 7.11. The molecule has 0 spiro atoms. The minimum Gasteiger partial charge on any atom is -0.368 e. The Morgan fingerprint density at radius 3 is 3.12 bits per heavy atom. The molecular formula is C12H20N2OS. The Hall–Kier alpha value is -0.450. The molecule has 1 fully saturated rings. The lowest BCUT2D eigenvalue weighted by atomic mass is 9.97. The molecule has 2 rings (SSSR count). The van der Waals surface area contributed by atoms with E-state index in [0.717, 1.165) is 37.4 Å². The first kappa shape index (κ1) is 12.0. The van der Waals surface area contributed by atoms with Gasteiger partial charge >= 0.3 is 0 Å². The molecule has 1 aliphatic heterocycles. The van der Waals surface area contributed by atoms with Crippen LogP contribution in [0.3, 0.4) is 0 Å². The maximum Gasteiger partial charge on any atom is 0.125 e. The van der Waals surface area contributed by atoms with Crippen molar-refractivity contribution in [1.29, 1.82) is 0 Å². The number of nitrogens with zero attached hydrogens (tertiary/aromatic N) is 1. The SMILES string of the molecule is CC1(c2ncc(CCCN)s2)CCCCO1. The molecule has 1 aromatic heterocycles. The van der Waals surface area contributed by atoms with Crippen LogP contribution in [0.5, 0.6) is 0 Å². The molecular weight excluding hydrogens is 220 g/mol. The van der Waals surface area contributed by atoms with E-state index in [9.17, 15) is 0 Å². The fourth-order valence-electron chi connectivity index (χ4n) is 2.05. The van der Waals surface area contributed by atoms with Crippen LogP contribution in [0.1, 0.15) is 42.5 Å². The summed E-state index contributed by atoms with van der Waals surface area (Å²) in [5.74, 6) is 0. The molecule has 1 aliphatic rings. The van der Waals surface area contributed by atoms with E-state index in [1.165, 1.54) is 17.7 Å². The molecule has 4 heteroatoms. The maximum atomic E-state index is 5.89. The van der Waals surface area contributed by atoms with Gasteiger partial charge in [-0.3, -0.25) is 0 Å². The highest BCUT2D eigenvalue weighted by Gasteiger charge is 2.32. The summed E-state index contributed by atoms with van der Waals surface area (Å²) in [6.07, 6.45) is 7.59. The van der Waals surface area contributed by atoms with Crippen LogP contribution in [-0.2, 0) is 16.8 Å². The van der Waals surface area contributed by atoms with Gasteiger partial charge in [-0.05, 0) is 45.6 Å². The van der Waals surface area contributed by atoms with E-state index < -0.39 is 0 Å². The Labute approximate surface area is 101 Å². The van der Waals surface area contributed by atoms with Crippen molar-refractivity contribution in [2.45, 2.75) is 44.6 Å². The quantitative estimate of drug-likeness (QED) is 0.879. The Morgan fingerprint density at radius 1 is 1.56 bits per heavy atom. The van der Waals surface area contributed by atoms with Crippen LogP contribution in [0.25, 0.3) is 0 Å². The zero-order chi connectivity index (χ0) is 11.4. The van der Waals surface area contributed by atoms with Gasteiger partial charge in [0, 0.05) is 17.7 Å². The first-order chi connectivity index (χ1) is 7.74. The summed E-state index contributed by atoms with van der Waals surface area (Å²) in [7, 11) is 0. The molecule has 1 unspecified atom stereocenters. The van der Waals surface area contributed by atoms with Crippen molar-refractivity contribution in [3.8, 4) is 0 Å². The van der Waals surface area contributed by atoms with Crippen LogP contribution in [0.2, 0.25) is 0 Å². The first-order valence-corrected chi connectivity index (χ1v) is 6.85. The Morgan fingerprint density at radius 2 is 2.44 bits per heavy atom. The molecule has 16 heavy (non-hydrogen) atoms. The minimum absolute atomic E-state index is 0.135. The Bertz CT molecular complexity index is 332. The van der Waals surface area contributed by atoms with E-state index in [2.05, 4.69) is 11.9 Å². The number of nitrogens with two attached hydrogens (primary N) is 1. The lowest BCUT2D eigenvalue weighted by Gasteiger charge is -2.31.